The van der Waals surface area contributed by atoms with Crippen molar-refractivity contribution in [1.82, 2.24) is 15.5 Å². The van der Waals surface area contributed by atoms with Gasteiger partial charge in [0.1, 0.15) is 0 Å². The number of amides is 1. The van der Waals surface area contributed by atoms with Crippen molar-refractivity contribution in [2.75, 3.05) is 19.5 Å². The number of nitrogens with zero attached hydrogens (tertiary/aromatic N) is 1. The molecule has 0 fully saturated rings. The Balaban J connectivity index is 2.60. The van der Waals surface area contributed by atoms with Crippen molar-refractivity contribution in [2.45, 2.75) is 32.7 Å². The molecule has 1 heterocycles. The molecule has 4 N–H and O–H groups in total. The number of hydrogen-bond acceptors (Lipinski definition) is 4. The molecule has 0 spiro atoms. The second-order valence-corrected chi connectivity index (χ2v) is 3.97. The number of carbonyl (C=O) groups is 1. The Morgan fingerprint density at radius 2 is 2.35 bits per heavy atom. The molecule has 1 rings (SSSR count). The third-order valence-corrected chi connectivity index (χ3v) is 2.58. The highest BCUT2D eigenvalue weighted by molar-refractivity contribution is 5.97. The van der Waals surface area contributed by atoms with Gasteiger partial charge in [-0.05, 0) is 19.8 Å². The molecule has 1 aromatic rings. The van der Waals surface area contributed by atoms with Crippen LogP contribution < -0.4 is 11.1 Å². The van der Waals surface area contributed by atoms with Gasteiger partial charge in [-0.25, -0.2) is 0 Å². The number of rotatable bonds is 6. The van der Waals surface area contributed by atoms with Gasteiger partial charge in [-0.2, -0.15) is 5.10 Å². The van der Waals surface area contributed by atoms with Gasteiger partial charge < -0.3 is 15.8 Å². The first-order valence-corrected chi connectivity index (χ1v) is 5.72. The van der Waals surface area contributed by atoms with E-state index < -0.39 is 0 Å². The van der Waals surface area contributed by atoms with Gasteiger partial charge in [0, 0.05) is 19.8 Å². The topological polar surface area (TPSA) is 93.0 Å². The number of aromatic nitrogens is 2. The maximum atomic E-state index is 11.9. The minimum absolute atomic E-state index is 0.0311. The van der Waals surface area contributed by atoms with Crippen LogP contribution >= 0.6 is 0 Å². The largest absolute Gasteiger partial charge is 0.395 e. The summed E-state index contributed by atoms with van der Waals surface area (Å²) in [4.78, 5) is 11.9. The minimum Gasteiger partial charge on any atom is -0.395 e. The van der Waals surface area contributed by atoms with Crippen molar-refractivity contribution in [3.8, 4) is 0 Å². The van der Waals surface area contributed by atoms with Gasteiger partial charge in [-0.15, -0.1) is 0 Å². The van der Waals surface area contributed by atoms with E-state index in [0.29, 0.717) is 12.3 Å². The summed E-state index contributed by atoms with van der Waals surface area (Å²) < 4.78 is 4.95. The van der Waals surface area contributed by atoms with Crippen molar-refractivity contribution in [1.29, 1.82) is 0 Å². The molecule has 96 valence electrons. The molecule has 6 nitrogen and oxygen atoms in total. The molecule has 0 aromatic carbocycles. The van der Waals surface area contributed by atoms with Crippen LogP contribution in [0.3, 0.4) is 0 Å². The molecule has 0 aliphatic carbocycles. The lowest BCUT2D eigenvalue weighted by Gasteiger charge is -2.12. The number of nitrogens with one attached hydrogen (secondary N) is 2. The fraction of sp³-hybridized carbons (Fsp3) is 0.636. The number of aromatic amines is 1. The van der Waals surface area contributed by atoms with E-state index in [-0.39, 0.29) is 17.6 Å². The Morgan fingerprint density at radius 1 is 1.65 bits per heavy atom. The number of hydrogen-bond donors (Lipinski definition) is 3. The Kier molecular flexibility index (Phi) is 4.96. The second-order valence-electron chi connectivity index (χ2n) is 3.97. The van der Waals surface area contributed by atoms with Crippen LogP contribution in [0.5, 0.6) is 0 Å². The predicted molar refractivity (Wildman–Crippen MR) is 65.8 cm³/mol. The Bertz CT molecular complexity index is 376. The Morgan fingerprint density at radius 3 is 2.88 bits per heavy atom. The zero-order valence-corrected chi connectivity index (χ0v) is 10.5. The zero-order chi connectivity index (χ0) is 12.8. The molecule has 0 saturated carbocycles. The lowest BCUT2D eigenvalue weighted by molar-refractivity contribution is 0.0925. The lowest BCUT2D eigenvalue weighted by atomic mass is 10.2. The smallest absolute Gasteiger partial charge is 0.274 e. The molecular formula is C11H20N4O2. The summed E-state index contributed by atoms with van der Waals surface area (Å²) in [5.41, 5.74) is 7.31. The van der Waals surface area contributed by atoms with E-state index in [1.54, 1.807) is 7.11 Å². The number of H-pyrrole nitrogens is 1. The molecule has 1 amide bonds. The summed E-state index contributed by atoms with van der Waals surface area (Å²) in [6.07, 6.45) is 1.48. The first kappa shape index (κ1) is 13.5. The number of anilines is 1. The Hall–Kier alpha value is -1.56. The molecule has 0 saturated heterocycles. The number of carbonyl (C=O) groups excluding carboxylic acids is 1. The number of ether oxygens (including phenoxy) is 1. The second kappa shape index (κ2) is 6.24. The highest BCUT2D eigenvalue weighted by Crippen LogP contribution is 2.14. The van der Waals surface area contributed by atoms with Crippen LogP contribution in [0.1, 0.15) is 36.5 Å². The fourth-order valence-electron chi connectivity index (χ4n) is 1.49. The van der Waals surface area contributed by atoms with Crippen molar-refractivity contribution >= 4 is 11.6 Å². The molecule has 17 heavy (non-hydrogen) atoms. The van der Waals surface area contributed by atoms with Gasteiger partial charge in [-0.1, -0.05) is 6.92 Å². The van der Waals surface area contributed by atoms with Crippen molar-refractivity contribution < 1.29 is 9.53 Å². The molecule has 1 unspecified atom stereocenters. The van der Waals surface area contributed by atoms with Crippen LogP contribution in [-0.4, -0.2) is 35.9 Å². The third-order valence-electron chi connectivity index (χ3n) is 2.58. The van der Waals surface area contributed by atoms with E-state index in [2.05, 4.69) is 15.5 Å². The summed E-state index contributed by atoms with van der Waals surface area (Å²) in [6, 6.07) is 0.0311. The molecule has 0 aliphatic rings. The van der Waals surface area contributed by atoms with E-state index in [1.165, 1.54) is 0 Å². The number of aryl methyl sites for hydroxylation is 1. The molecular weight excluding hydrogens is 220 g/mol. The molecule has 0 aliphatic heterocycles. The van der Waals surface area contributed by atoms with Gasteiger partial charge >= 0.3 is 0 Å². The first-order chi connectivity index (χ1) is 8.10. The van der Waals surface area contributed by atoms with Crippen LogP contribution in [0, 0.1) is 0 Å². The van der Waals surface area contributed by atoms with Crippen LogP contribution in [-0.2, 0) is 11.2 Å². The number of nitrogens with two attached hydrogens (primary N) is 1. The summed E-state index contributed by atoms with van der Waals surface area (Å²) in [5, 5.41) is 9.51. The van der Waals surface area contributed by atoms with Gasteiger partial charge in [0.15, 0.2) is 5.69 Å². The van der Waals surface area contributed by atoms with Gasteiger partial charge in [0.2, 0.25) is 0 Å². The summed E-state index contributed by atoms with van der Waals surface area (Å²) >= 11 is 0. The van der Waals surface area contributed by atoms with Crippen LogP contribution in [0.2, 0.25) is 0 Å². The minimum atomic E-state index is -0.248. The zero-order valence-electron chi connectivity index (χ0n) is 10.5. The summed E-state index contributed by atoms with van der Waals surface area (Å²) in [7, 11) is 1.63. The number of nitrogen functional groups attached to an aromatic ring is 1. The number of methoxy groups -OCH3 is 1. The maximum absolute atomic E-state index is 11.9. The Labute approximate surface area is 101 Å². The third kappa shape index (κ3) is 3.45. The predicted octanol–water partition coefficient (Wildman–Crippen LogP) is 0.709. The average molecular weight is 240 g/mol. The highest BCUT2D eigenvalue weighted by atomic mass is 16.5. The van der Waals surface area contributed by atoms with Crippen LogP contribution in [0.25, 0.3) is 0 Å². The van der Waals surface area contributed by atoms with E-state index in [0.717, 1.165) is 18.5 Å². The van der Waals surface area contributed by atoms with Gasteiger partial charge in [0.25, 0.3) is 5.91 Å². The molecule has 1 aromatic heterocycles. The van der Waals surface area contributed by atoms with Crippen molar-refractivity contribution in [3.63, 3.8) is 0 Å². The molecule has 1 atom stereocenters. The molecule has 0 radical (unpaired) electrons. The average Bonchev–Trinajstić information content (AvgIpc) is 2.67. The van der Waals surface area contributed by atoms with Crippen molar-refractivity contribution in [3.05, 3.63) is 11.4 Å². The van der Waals surface area contributed by atoms with Crippen LogP contribution in [0.4, 0.5) is 5.69 Å². The van der Waals surface area contributed by atoms with E-state index in [4.69, 9.17) is 10.5 Å². The van der Waals surface area contributed by atoms with Gasteiger partial charge in [-0.3, -0.25) is 9.89 Å². The SMILES string of the molecule is CCc1[nH]nc(C(=O)NC(C)CCOC)c1N. The monoisotopic (exact) mass is 240 g/mol. The standard InChI is InChI=1S/C11H20N4O2/c1-4-8-9(12)10(15-14-8)11(16)13-7(2)5-6-17-3/h7H,4-6,12H2,1-3H3,(H,13,16)(H,14,15). The van der Waals surface area contributed by atoms with Crippen LogP contribution in [0.15, 0.2) is 0 Å². The molecule has 0 bridgehead atoms. The van der Waals surface area contributed by atoms with E-state index >= 15 is 0 Å². The maximum Gasteiger partial charge on any atom is 0.274 e. The normalized spacial score (nSPS) is 12.4. The van der Waals surface area contributed by atoms with E-state index in [9.17, 15) is 4.79 Å². The molecule has 6 heteroatoms. The first-order valence-electron chi connectivity index (χ1n) is 5.72. The summed E-state index contributed by atoms with van der Waals surface area (Å²) in [5.74, 6) is -0.248. The van der Waals surface area contributed by atoms with E-state index in [1.807, 2.05) is 13.8 Å². The summed E-state index contributed by atoms with van der Waals surface area (Å²) in [6.45, 7) is 4.48. The quantitative estimate of drug-likeness (QED) is 0.682. The highest BCUT2D eigenvalue weighted by Gasteiger charge is 2.17. The lowest BCUT2D eigenvalue weighted by Crippen LogP contribution is -2.34. The van der Waals surface area contributed by atoms with Crippen molar-refractivity contribution in [2.24, 2.45) is 0 Å². The van der Waals surface area contributed by atoms with Gasteiger partial charge in [0.05, 0.1) is 11.4 Å². The fourth-order valence-corrected chi connectivity index (χ4v) is 1.49.